The molecule has 0 saturated heterocycles. The first-order valence-corrected chi connectivity index (χ1v) is 7.11. The van der Waals surface area contributed by atoms with Crippen molar-refractivity contribution in [2.75, 3.05) is 0 Å². The summed E-state index contributed by atoms with van der Waals surface area (Å²) >= 11 is 0. The molecule has 0 bridgehead atoms. The number of hydrogen-bond donors (Lipinski definition) is 1. The normalized spacial score (nSPS) is 11.0. The second kappa shape index (κ2) is 6.33. The van der Waals surface area contributed by atoms with Crippen LogP contribution >= 0.6 is 0 Å². The number of hydrazone groups is 1. The van der Waals surface area contributed by atoms with Crippen molar-refractivity contribution in [2.45, 2.75) is 6.92 Å². The third-order valence-electron chi connectivity index (χ3n) is 3.46. The summed E-state index contributed by atoms with van der Waals surface area (Å²) in [7, 11) is 0. The van der Waals surface area contributed by atoms with E-state index in [0.29, 0.717) is 16.7 Å². The zero-order valence-corrected chi connectivity index (χ0v) is 12.7. The van der Waals surface area contributed by atoms with Crippen molar-refractivity contribution in [3.63, 3.8) is 0 Å². The molecular formula is C17H13N3O4. The van der Waals surface area contributed by atoms with E-state index in [4.69, 9.17) is 4.42 Å². The van der Waals surface area contributed by atoms with E-state index in [0.717, 1.165) is 5.39 Å². The van der Waals surface area contributed by atoms with Crippen molar-refractivity contribution in [3.8, 4) is 0 Å². The van der Waals surface area contributed by atoms with E-state index in [-0.39, 0.29) is 11.4 Å². The Bertz CT molecular complexity index is 926. The molecule has 7 nitrogen and oxygen atoms in total. The SMILES string of the molecule is Cc1ccc(/C=N/NC(=O)c2cc3ccccc3o2)cc1[N+](=O)[O-]. The molecule has 0 spiro atoms. The number of fused-ring (bicyclic) bond motifs is 1. The monoisotopic (exact) mass is 323 g/mol. The Balaban J connectivity index is 1.73. The number of nitrogens with zero attached hydrogens (tertiary/aromatic N) is 2. The Labute approximate surface area is 136 Å². The summed E-state index contributed by atoms with van der Waals surface area (Å²) in [6.45, 7) is 1.66. The van der Waals surface area contributed by atoms with Crippen molar-refractivity contribution in [3.05, 3.63) is 75.5 Å². The Morgan fingerprint density at radius 1 is 1.25 bits per heavy atom. The van der Waals surface area contributed by atoms with Crippen LogP contribution < -0.4 is 5.43 Å². The maximum atomic E-state index is 12.0. The largest absolute Gasteiger partial charge is 0.451 e. The van der Waals surface area contributed by atoms with Gasteiger partial charge in [-0.05, 0) is 19.1 Å². The van der Waals surface area contributed by atoms with E-state index in [1.165, 1.54) is 12.3 Å². The van der Waals surface area contributed by atoms with Crippen LogP contribution in [-0.4, -0.2) is 17.0 Å². The molecule has 0 aliphatic heterocycles. The van der Waals surface area contributed by atoms with Gasteiger partial charge in [-0.15, -0.1) is 0 Å². The van der Waals surface area contributed by atoms with Gasteiger partial charge in [-0.2, -0.15) is 5.10 Å². The van der Waals surface area contributed by atoms with Gasteiger partial charge in [0.1, 0.15) is 5.58 Å². The highest BCUT2D eigenvalue weighted by atomic mass is 16.6. The van der Waals surface area contributed by atoms with Gasteiger partial charge < -0.3 is 4.42 Å². The van der Waals surface area contributed by atoms with Crippen LogP contribution in [0.2, 0.25) is 0 Å². The minimum Gasteiger partial charge on any atom is -0.451 e. The van der Waals surface area contributed by atoms with Gasteiger partial charge in [-0.1, -0.05) is 30.3 Å². The molecule has 3 rings (SSSR count). The fourth-order valence-electron chi connectivity index (χ4n) is 2.22. The van der Waals surface area contributed by atoms with Gasteiger partial charge in [0.25, 0.3) is 5.69 Å². The number of carbonyl (C=O) groups is 1. The molecular weight excluding hydrogens is 310 g/mol. The summed E-state index contributed by atoms with van der Waals surface area (Å²) in [5.74, 6) is -0.354. The number of nitrogens with one attached hydrogen (secondary N) is 1. The average Bonchev–Trinajstić information content (AvgIpc) is 3.00. The first-order chi connectivity index (χ1) is 11.5. The predicted molar refractivity (Wildman–Crippen MR) is 89.1 cm³/mol. The first kappa shape index (κ1) is 15.4. The highest BCUT2D eigenvalue weighted by Crippen LogP contribution is 2.19. The van der Waals surface area contributed by atoms with Crippen molar-refractivity contribution in [1.29, 1.82) is 0 Å². The van der Waals surface area contributed by atoms with Gasteiger partial charge in [-0.3, -0.25) is 14.9 Å². The summed E-state index contributed by atoms with van der Waals surface area (Å²) in [5.41, 5.74) is 4.02. The number of carbonyl (C=O) groups excluding carboxylic acids is 1. The van der Waals surface area contributed by atoms with Crippen LogP contribution in [0.4, 0.5) is 5.69 Å². The van der Waals surface area contributed by atoms with Crippen molar-refractivity contribution in [1.82, 2.24) is 5.43 Å². The van der Waals surface area contributed by atoms with Gasteiger partial charge in [0.05, 0.1) is 11.1 Å². The van der Waals surface area contributed by atoms with E-state index >= 15 is 0 Å². The van der Waals surface area contributed by atoms with Gasteiger partial charge in [0, 0.05) is 22.6 Å². The lowest BCUT2D eigenvalue weighted by atomic mass is 10.1. The summed E-state index contributed by atoms with van der Waals surface area (Å²) in [5, 5.41) is 15.5. The van der Waals surface area contributed by atoms with Crippen molar-refractivity contribution < 1.29 is 14.1 Å². The fraction of sp³-hybridized carbons (Fsp3) is 0.0588. The highest BCUT2D eigenvalue weighted by molar-refractivity contribution is 5.96. The van der Waals surface area contributed by atoms with Crippen LogP contribution in [0.5, 0.6) is 0 Å². The predicted octanol–water partition coefficient (Wildman–Crippen LogP) is 3.41. The van der Waals surface area contributed by atoms with Crippen LogP contribution in [-0.2, 0) is 0 Å². The quantitative estimate of drug-likeness (QED) is 0.452. The van der Waals surface area contributed by atoms with Gasteiger partial charge >= 0.3 is 5.91 Å². The highest BCUT2D eigenvalue weighted by Gasteiger charge is 2.12. The molecule has 0 aliphatic rings. The maximum absolute atomic E-state index is 12.0. The number of para-hydroxylation sites is 1. The Morgan fingerprint density at radius 2 is 2.04 bits per heavy atom. The molecule has 7 heteroatoms. The summed E-state index contributed by atoms with van der Waals surface area (Å²) in [6.07, 6.45) is 1.34. The van der Waals surface area contributed by atoms with Gasteiger partial charge in [0.15, 0.2) is 5.76 Å². The first-order valence-electron chi connectivity index (χ1n) is 7.11. The lowest BCUT2D eigenvalue weighted by molar-refractivity contribution is -0.385. The third-order valence-corrected chi connectivity index (χ3v) is 3.46. The zero-order valence-electron chi connectivity index (χ0n) is 12.7. The molecule has 0 aliphatic carbocycles. The van der Waals surface area contributed by atoms with E-state index < -0.39 is 10.8 Å². The zero-order chi connectivity index (χ0) is 17.1. The van der Waals surface area contributed by atoms with Crippen molar-refractivity contribution in [2.24, 2.45) is 5.10 Å². The Hall–Kier alpha value is -3.48. The lowest BCUT2D eigenvalue weighted by Crippen LogP contribution is -2.16. The van der Waals surface area contributed by atoms with Crippen LogP contribution in [0, 0.1) is 17.0 Å². The molecule has 1 amide bonds. The topological polar surface area (TPSA) is 97.7 Å². The molecule has 0 unspecified atom stereocenters. The Kier molecular flexibility index (Phi) is 4.07. The number of nitro groups is 1. The molecule has 0 saturated carbocycles. The number of benzene rings is 2. The summed E-state index contributed by atoms with van der Waals surface area (Å²) in [6, 6.07) is 13.6. The van der Waals surface area contributed by atoms with E-state index in [1.807, 2.05) is 18.2 Å². The second-order valence-corrected chi connectivity index (χ2v) is 5.15. The third kappa shape index (κ3) is 3.14. The number of amides is 1. The van der Waals surface area contributed by atoms with E-state index in [2.05, 4.69) is 10.5 Å². The second-order valence-electron chi connectivity index (χ2n) is 5.15. The Morgan fingerprint density at radius 3 is 2.79 bits per heavy atom. The van der Waals surface area contributed by atoms with Gasteiger partial charge in [-0.25, -0.2) is 5.43 Å². The molecule has 120 valence electrons. The molecule has 0 radical (unpaired) electrons. The minimum atomic E-state index is -0.496. The van der Waals surface area contributed by atoms with E-state index in [1.54, 1.807) is 31.2 Å². The average molecular weight is 323 g/mol. The smallest absolute Gasteiger partial charge is 0.307 e. The number of rotatable bonds is 4. The molecule has 1 heterocycles. The lowest BCUT2D eigenvalue weighted by Gasteiger charge is -1.99. The van der Waals surface area contributed by atoms with Crippen LogP contribution in [0.25, 0.3) is 11.0 Å². The van der Waals surface area contributed by atoms with E-state index in [9.17, 15) is 14.9 Å². The van der Waals surface area contributed by atoms with Crippen molar-refractivity contribution >= 4 is 28.8 Å². The van der Waals surface area contributed by atoms with Crippen LogP contribution in [0.1, 0.15) is 21.7 Å². The number of hydrogen-bond acceptors (Lipinski definition) is 5. The standard InChI is InChI=1S/C17H13N3O4/c1-11-6-7-12(8-14(11)20(22)23)10-18-19-17(21)16-9-13-4-2-3-5-15(13)24-16/h2-10H,1H3,(H,19,21)/b18-10+. The number of nitro benzene ring substituents is 1. The molecule has 1 N–H and O–H groups in total. The summed E-state index contributed by atoms with van der Waals surface area (Å²) < 4.78 is 5.42. The van der Waals surface area contributed by atoms with Gasteiger partial charge in [0.2, 0.25) is 0 Å². The maximum Gasteiger partial charge on any atom is 0.307 e. The van der Waals surface area contributed by atoms with Crippen LogP contribution in [0.15, 0.2) is 58.0 Å². The molecule has 1 aromatic heterocycles. The number of furan rings is 1. The molecule has 0 fully saturated rings. The molecule has 3 aromatic rings. The number of aryl methyl sites for hydroxylation is 1. The van der Waals surface area contributed by atoms with Crippen LogP contribution in [0.3, 0.4) is 0 Å². The fourth-order valence-corrected chi connectivity index (χ4v) is 2.22. The minimum absolute atomic E-state index is 0.00237. The summed E-state index contributed by atoms with van der Waals surface area (Å²) in [4.78, 5) is 22.5. The molecule has 24 heavy (non-hydrogen) atoms. The molecule has 2 aromatic carbocycles. The molecule has 0 atom stereocenters.